The highest BCUT2D eigenvalue weighted by Gasteiger charge is 2.20. The van der Waals surface area contributed by atoms with Gasteiger partial charge >= 0.3 is 0 Å². The van der Waals surface area contributed by atoms with Gasteiger partial charge in [0.05, 0.1) is 6.20 Å². The zero-order valence-corrected chi connectivity index (χ0v) is 16.7. The SMILES string of the molecule is CC(=O)c1ccc(Nc2cnnc(N3CCN(c4cccc(C)c4)CC3)n2)cc1. The van der Waals surface area contributed by atoms with Gasteiger partial charge in [-0.05, 0) is 55.8 Å². The molecule has 0 spiro atoms. The third-order valence-corrected chi connectivity index (χ3v) is 5.04. The number of carbonyl (C=O) groups is 1. The van der Waals surface area contributed by atoms with E-state index in [9.17, 15) is 4.79 Å². The fourth-order valence-corrected chi connectivity index (χ4v) is 3.41. The van der Waals surface area contributed by atoms with Crippen molar-refractivity contribution in [3.05, 3.63) is 65.9 Å². The van der Waals surface area contributed by atoms with E-state index in [2.05, 4.69) is 61.5 Å². The summed E-state index contributed by atoms with van der Waals surface area (Å²) in [6.07, 6.45) is 1.60. The summed E-state index contributed by atoms with van der Waals surface area (Å²) in [5, 5.41) is 11.6. The summed E-state index contributed by atoms with van der Waals surface area (Å²) in [5.74, 6) is 1.30. The number of aryl methyl sites for hydroxylation is 1. The van der Waals surface area contributed by atoms with Crippen molar-refractivity contribution in [1.29, 1.82) is 0 Å². The molecule has 148 valence electrons. The lowest BCUT2D eigenvalue weighted by atomic mass is 10.1. The van der Waals surface area contributed by atoms with E-state index < -0.39 is 0 Å². The number of nitrogens with zero attached hydrogens (tertiary/aromatic N) is 5. The molecule has 3 aromatic rings. The van der Waals surface area contributed by atoms with Gasteiger partial charge in [0.2, 0.25) is 5.95 Å². The molecule has 1 N–H and O–H groups in total. The van der Waals surface area contributed by atoms with Gasteiger partial charge in [-0.1, -0.05) is 12.1 Å². The Balaban J connectivity index is 1.41. The molecular formula is C22H24N6O. The third kappa shape index (κ3) is 4.51. The van der Waals surface area contributed by atoms with Crippen molar-refractivity contribution in [2.24, 2.45) is 0 Å². The van der Waals surface area contributed by atoms with E-state index in [4.69, 9.17) is 0 Å². The number of carbonyl (C=O) groups excluding carboxylic acids is 1. The standard InChI is InChI=1S/C22H24N6O/c1-16-4-3-5-20(14-16)27-10-12-28(13-11-27)22-25-21(15-23-26-22)24-19-8-6-18(7-9-19)17(2)29/h3-9,14-15H,10-13H2,1-2H3,(H,24,25,26). The van der Waals surface area contributed by atoms with Crippen molar-refractivity contribution in [2.45, 2.75) is 13.8 Å². The van der Waals surface area contributed by atoms with E-state index in [1.807, 2.05) is 12.1 Å². The van der Waals surface area contributed by atoms with Crippen LogP contribution in [0.2, 0.25) is 0 Å². The van der Waals surface area contributed by atoms with Crippen LogP contribution in [0.5, 0.6) is 0 Å². The molecule has 1 aliphatic rings. The number of Topliss-reactive ketones (excluding diaryl/α,β-unsaturated/α-hetero) is 1. The van der Waals surface area contributed by atoms with Gasteiger partial charge in [0.25, 0.3) is 0 Å². The van der Waals surface area contributed by atoms with Crippen molar-refractivity contribution in [3.63, 3.8) is 0 Å². The second kappa shape index (κ2) is 8.26. The molecule has 2 aromatic carbocycles. The first-order chi connectivity index (χ1) is 14.1. The molecule has 0 atom stereocenters. The molecule has 7 nitrogen and oxygen atoms in total. The van der Waals surface area contributed by atoms with Gasteiger partial charge in [-0.2, -0.15) is 10.1 Å². The Morgan fingerprint density at radius 1 is 1.00 bits per heavy atom. The topological polar surface area (TPSA) is 74.2 Å². The molecule has 29 heavy (non-hydrogen) atoms. The Bertz CT molecular complexity index is 996. The molecule has 2 heterocycles. The van der Waals surface area contributed by atoms with Crippen molar-refractivity contribution in [1.82, 2.24) is 15.2 Å². The first-order valence-electron chi connectivity index (χ1n) is 9.73. The predicted molar refractivity (Wildman–Crippen MR) is 115 cm³/mol. The number of aromatic nitrogens is 3. The van der Waals surface area contributed by atoms with E-state index in [-0.39, 0.29) is 5.78 Å². The number of nitrogens with one attached hydrogen (secondary N) is 1. The molecule has 1 saturated heterocycles. The van der Waals surface area contributed by atoms with Crippen LogP contribution in [0.1, 0.15) is 22.8 Å². The van der Waals surface area contributed by atoms with Gasteiger partial charge in [-0.3, -0.25) is 4.79 Å². The lowest BCUT2D eigenvalue weighted by Gasteiger charge is -2.36. The first kappa shape index (κ1) is 18.9. The molecule has 0 bridgehead atoms. The van der Waals surface area contributed by atoms with Crippen LogP contribution in [0.4, 0.5) is 23.1 Å². The van der Waals surface area contributed by atoms with Gasteiger partial charge in [0, 0.05) is 43.1 Å². The Morgan fingerprint density at radius 3 is 2.41 bits per heavy atom. The highest BCUT2D eigenvalue weighted by atomic mass is 16.1. The van der Waals surface area contributed by atoms with Gasteiger partial charge in [0.15, 0.2) is 11.6 Å². The van der Waals surface area contributed by atoms with E-state index >= 15 is 0 Å². The number of rotatable bonds is 5. The number of anilines is 4. The molecular weight excluding hydrogens is 364 g/mol. The highest BCUT2D eigenvalue weighted by molar-refractivity contribution is 5.94. The minimum atomic E-state index is 0.0485. The van der Waals surface area contributed by atoms with Crippen LogP contribution < -0.4 is 15.1 Å². The average Bonchev–Trinajstić information content (AvgIpc) is 2.74. The summed E-state index contributed by atoms with van der Waals surface area (Å²) < 4.78 is 0. The molecule has 4 rings (SSSR count). The second-order valence-corrected chi connectivity index (χ2v) is 7.21. The zero-order valence-electron chi connectivity index (χ0n) is 16.7. The Morgan fingerprint density at radius 2 is 1.72 bits per heavy atom. The second-order valence-electron chi connectivity index (χ2n) is 7.21. The van der Waals surface area contributed by atoms with Gasteiger partial charge in [-0.15, -0.1) is 5.10 Å². The molecule has 0 saturated carbocycles. The summed E-state index contributed by atoms with van der Waals surface area (Å²) in [6, 6.07) is 15.9. The highest BCUT2D eigenvalue weighted by Crippen LogP contribution is 2.21. The van der Waals surface area contributed by atoms with Crippen LogP contribution in [0, 0.1) is 6.92 Å². The molecule has 0 radical (unpaired) electrons. The van der Waals surface area contributed by atoms with Gasteiger partial charge in [-0.25, -0.2) is 0 Å². The van der Waals surface area contributed by atoms with Crippen LogP contribution in [0.3, 0.4) is 0 Å². The minimum absolute atomic E-state index is 0.0485. The van der Waals surface area contributed by atoms with E-state index in [0.29, 0.717) is 17.3 Å². The smallest absolute Gasteiger partial charge is 0.247 e. The molecule has 1 fully saturated rings. The quantitative estimate of drug-likeness (QED) is 0.671. The molecule has 1 aromatic heterocycles. The van der Waals surface area contributed by atoms with Gasteiger partial charge < -0.3 is 15.1 Å². The molecule has 7 heteroatoms. The summed E-state index contributed by atoms with van der Waals surface area (Å²) in [7, 11) is 0. The monoisotopic (exact) mass is 388 g/mol. The predicted octanol–water partition coefficient (Wildman–Crippen LogP) is 3.45. The molecule has 0 aliphatic carbocycles. The van der Waals surface area contributed by atoms with Crippen LogP contribution >= 0.6 is 0 Å². The third-order valence-electron chi connectivity index (χ3n) is 5.04. The van der Waals surface area contributed by atoms with Gasteiger partial charge in [0.1, 0.15) is 0 Å². The molecule has 1 aliphatic heterocycles. The summed E-state index contributed by atoms with van der Waals surface area (Å²) in [4.78, 5) is 20.6. The Hall–Kier alpha value is -3.48. The van der Waals surface area contributed by atoms with Crippen molar-refractivity contribution >= 4 is 28.9 Å². The maximum atomic E-state index is 11.4. The van der Waals surface area contributed by atoms with Crippen LogP contribution in [0.15, 0.2) is 54.7 Å². The van der Waals surface area contributed by atoms with Crippen LogP contribution in [-0.2, 0) is 0 Å². The number of hydrogen-bond donors (Lipinski definition) is 1. The fourth-order valence-electron chi connectivity index (χ4n) is 3.41. The first-order valence-corrected chi connectivity index (χ1v) is 9.73. The normalized spacial score (nSPS) is 14.0. The average molecular weight is 388 g/mol. The Labute approximate surface area is 170 Å². The van der Waals surface area contributed by atoms with E-state index in [1.54, 1.807) is 25.3 Å². The van der Waals surface area contributed by atoms with Crippen molar-refractivity contribution in [3.8, 4) is 0 Å². The van der Waals surface area contributed by atoms with E-state index in [1.165, 1.54) is 11.3 Å². The lowest BCUT2D eigenvalue weighted by molar-refractivity contribution is 0.101. The fraction of sp³-hybridized carbons (Fsp3) is 0.273. The number of hydrogen-bond acceptors (Lipinski definition) is 7. The number of ketones is 1. The van der Waals surface area contributed by atoms with Crippen LogP contribution in [0.25, 0.3) is 0 Å². The lowest BCUT2D eigenvalue weighted by Crippen LogP contribution is -2.47. The van der Waals surface area contributed by atoms with E-state index in [0.717, 1.165) is 31.9 Å². The summed E-state index contributed by atoms with van der Waals surface area (Å²) >= 11 is 0. The number of benzene rings is 2. The zero-order chi connectivity index (χ0) is 20.2. The van der Waals surface area contributed by atoms with Crippen molar-refractivity contribution < 1.29 is 4.79 Å². The summed E-state index contributed by atoms with van der Waals surface area (Å²) in [6.45, 7) is 7.18. The maximum absolute atomic E-state index is 11.4. The Kier molecular flexibility index (Phi) is 5.37. The maximum Gasteiger partial charge on any atom is 0.247 e. The van der Waals surface area contributed by atoms with Crippen molar-refractivity contribution in [2.75, 3.05) is 41.3 Å². The number of piperazine rings is 1. The van der Waals surface area contributed by atoms with Crippen LogP contribution in [-0.4, -0.2) is 47.1 Å². The largest absolute Gasteiger partial charge is 0.368 e. The molecule has 0 amide bonds. The molecule has 0 unspecified atom stereocenters. The minimum Gasteiger partial charge on any atom is -0.368 e. The summed E-state index contributed by atoms with van der Waals surface area (Å²) in [5.41, 5.74) is 4.06.